The maximum atomic E-state index is 12.8. The van der Waals surface area contributed by atoms with Gasteiger partial charge in [-0.2, -0.15) is 18.3 Å². The largest absolute Gasteiger partial charge is 0.416 e. The maximum Gasteiger partial charge on any atom is 0.416 e. The van der Waals surface area contributed by atoms with Gasteiger partial charge in [0.15, 0.2) is 5.82 Å². The number of carbonyl (C=O) groups excluding carboxylic acids is 1. The molecule has 2 aromatic carbocycles. The third kappa shape index (κ3) is 4.12. The summed E-state index contributed by atoms with van der Waals surface area (Å²) in [6, 6.07) is 9.53. The summed E-state index contributed by atoms with van der Waals surface area (Å²) in [5.41, 5.74) is 0.298. The van der Waals surface area contributed by atoms with Crippen LogP contribution in [0.4, 0.5) is 24.7 Å². The van der Waals surface area contributed by atoms with Crippen molar-refractivity contribution in [2.45, 2.75) is 10.6 Å². The highest BCUT2D eigenvalue weighted by Gasteiger charge is 2.30. The molecule has 0 unspecified atom stereocenters. The van der Waals surface area contributed by atoms with E-state index in [0.29, 0.717) is 15.8 Å². The van der Waals surface area contributed by atoms with E-state index in [1.807, 2.05) is 0 Å². The van der Waals surface area contributed by atoms with Crippen molar-refractivity contribution in [2.75, 3.05) is 17.7 Å². The van der Waals surface area contributed by atoms with Crippen molar-refractivity contribution in [3.63, 3.8) is 0 Å². The summed E-state index contributed by atoms with van der Waals surface area (Å²) >= 11 is 2.15. The van der Waals surface area contributed by atoms with Gasteiger partial charge >= 0.3 is 6.18 Å². The van der Waals surface area contributed by atoms with Gasteiger partial charge < -0.3 is 10.6 Å². The molecule has 1 heterocycles. The Morgan fingerprint density at radius 3 is 2.56 bits per heavy atom. The first-order valence-electron chi connectivity index (χ1n) is 7.85. The molecule has 1 aromatic heterocycles. The van der Waals surface area contributed by atoms with Crippen LogP contribution >= 0.6 is 22.6 Å². The molecule has 140 valence electrons. The maximum absolute atomic E-state index is 12.8. The minimum Gasteiger partial charge on any atom is -0.371 e. The molecular formula is C18H14F3IN4O. The minimum absolute atomic E-state index is 0.0767. The first-order chi connectivity index (χ1) is 12.8. The fourth-order valence-electron chi connectivity index (χ4n) is 2.61. The fraction of sp³-hybridized carbons (Fsp3) is 0.167. The number of benzene rings is 2. The molecule has 9 heteroatoms. The third-order valence-corrected chi connectivity index (χ3v) is 4.65. The lowest BCUT2D eigenvalue weighted by atomic mass is 10.1. The number of carbonyl (C=O) groups is 1. The number of anilines is 2. The second-order valence-electron chi connectivity index (χ2n) is 5.67. The standard InChI is InChI=1S/C18H14F3IN4O/c1-23-16-13-6-5-10(7-14(13)15(9-22)25-26-16)17(27)24-12-4-2-3-11(8-12)18(19,20)21/h2-8H,9H2,1H3,(H,23,26)(H,24,27). The third-order valence-electron chi connectivity index (χ3n) is 3.93. The van der Waals surface area contributed by atoms with Crippen molar-refractivity contribution in [3.05, 3.63) is 59.3 Å². The number of nitrogens with one attached hydrogen (secondary N) is 2. The molecule has 3 rings (SSSR count). The molecule has 0 aliphatic carbocycles. The van der Waals surface area contributed by atoms with Gasteiger partial charge in [-0.3, -0.25) is 4.79 Å². The molecular weight excluding hydrogens is 472 g/mol. The fourth-order valence-corrected chi connectivity index (χ4v) is 3.17. The molecule has 0 aliphatic rings. The number of hydrogen-bond donors (Lipinski definition) is 2. The van der Waals surface area contributed by atoms with E-state index < -0.39 is 17.6 Å². The van der Waals surface area contributed by atoms with Crippen molar-refractivity contribution in [3.8, 4) is 0 Å². The van der Waals surface area contributed by atoms with Crippen molar-refractivity contribution >= 4 is 50.8 Å². The van der Waals surface area contributed by atoms with Gasteiger partial charge in [0.1, 0.15) is 0 Å². The van der Waals surface area contributed by atoms with Crippen LogP contribution in [0.15, 0.2) is 42.5 Å². The van der Waals surface area contributed by atoms with Gasteiger partial charge in [0, 0.05) is 33.5 Å². The molecule has 0 spiro atoms. The lowest BCUT2D eigenvalue weighted by molar-refractivity contribution is -0.137. The van der Waals surface area contributed by atoms with E-state index in [2.05, 4.69) is 43.4 Å². The molecule has 27 heavy (non-hydrogen) atoms. The van der Waals surface area contributed by atoms with Gasteiger partial charge in [-0.25, -0.2) is 0 Å². The number of alkyl halides is 4. The van der Waals surface area contributed by atoms with Crippen LogP contribution in [-0.2, 0) is 10.6 Å². The molecule has 0 fully saturated rings. The van der Waals surface area contributed by atoms with E-state index in [4.69, 9.17) is 0 Å². The van der Waals surface area contributed by atoms with Crippen LogP contribution in [0.5, 0.6) is 0 Å². The van der Waals surface area contributed by atoms with E-state index >= 15 is 0 Å². The lowest BCUT2D eigenvalue weighted by Gasteiger charge is -2.11. The number of fused-ring (bicyclic) bond motifs is 1. The smallest absolute Gasteiger partial charge is 0.371 e. The van der Waals surface area contributed by atoms with Crippen molar-refractivity contribution in [2.24, 2.45) is 0 Å². The van der Waals surface area contributed by atoms with Gasteiger partial charge in [-0.05, 0) is 36.4 Å². The van der Waals surface area contributed by atoms with Crippen molar-refractivity contribution in [1.29, 1.82) is 0 Å². The Labute approximate surface area is 166 Å². The Morgan fingerprint density at radius 2 is 1.89 bits per heavy atom. The number of hydrogen-bond acceptors (Lipinski definition) is 4. The molecule has 2 N–H and O–H groups in total. The summed E-state index contributed by atoms with van der Waals surface area (Å²) in [5.74, 6) is 0.0851. The Balaban J connectivity index is 1.95. The molecule has 0 bridgehead atoms. The summed E-state index contributed by atoms with van der Waals surface area (Å²) in [7, 11) is 1.72. The zero-order valence-electron chi connectivity index (χ0n) is 14.1. The Morgan fingerprint density at radius 1 is 1.11 bits per heavy atom. The molecule has 3 aromatic rings. The summed E-state index contributed by atoms with van der Waals surface area (Å²) < 4.78 is 39.1. The summed E-state index contributed by atoms with van der Waals surface area (Å²) in [4.78, 5) is 12.5. The number of aromatic nitrogens is 2. The van der Waals surface area contributed by atoms with Crippen LogP contribution in [0, 0.1) is 0 Å². The van der Waals surface area contributed by atoms with Crippen LogP contribution in [0.25, 0.3) is 10.8 Å². The molecule has 0 saturated carbocycles. The van der Waals surface area contributed by atoms with Crippen LogP contribution in [0.2, 0.25) is 0 Å². The van der Waals surface area contributed by atoms with Crippen LogP contribution in [-0.4, -0.2) is 23.2 Å². The van der Waals surface area contributed by atoms with E-state index in [1.54, 1.807) is 25.2 Å². The lowest BCUT2D eigenvalue weighted by Crippen LogP contribution is -2.13. The number of amides is 1. The predicted molar refractivity (Wildman–Crippen MR) is 106 cm³/mol. The van der Waals surface area contributed by atoms with Gasteiger partial charge in [0.05, 0.1) is 11.3 Å². The van der Waals surface area contributed by atoms with Crippen LogP contribution < -0.4 is 10.6 Å². The van der Waals surface area contributed by atoms with Crippen molar-refractivity contribution < 1.29 is 18.0 Å². The highest BCUT2D eigenvalue weighted by atomic mass is 127. The van der Waals surface area contributed by atoms with Crippen molar-refractivity contribution in [1.82, 2.24) is 10.2 Å². The zero-order valence-corrected chi connectivity index (χ0v) is 16.2. The Hall–Kier alpha value is -2.43. The van der Waals surface area contributed by atoms with Crippen LogP contribution in [0.3, 0.4) is 0 Å². The molecule has 0 radical (unpaired) electrons. The molecule has 5 nitrogen and oxygen atoms in total. The highest BCUT2D eigenvalue weighted by Crippen LogP contribution is 2.31. The van der Waals surface area contributed by atoms with E-state index in [9.17, 15) is 18.0 Å². The molecule has 0 aliphatic heterocycles. The first-order valence-corrected chi connectivity index (χ1v) is 9.37. The SMILES string of the molecule is CNc1nnc(CI)c2cc(C(=O)Nc3cccc(C(F)(F)F)c3)ccc12. The minimum atomic E-state index is -4.47. The van der Waals surface area contributed by atoms with Gasteiger partial charge in [-0.1, -0.05) is 28.7 Å². The average Bonchev–Trinajstić information content (AvgIpc) is 2.66. The second-order valence-corrected chi connectivity index (χ2v) is 6.43. The van der Waals surface area contributed by atoms with E-state index in [0.717, 1.165) is 28.6 Å². The normalized spacial score (nSPS) is 11.4. The quantitative estimate of drug-likeness (QED) is 0.408. The predicted octanol–water partition coefficient (Wildman–Crippen LogP) is 4.88. The Kier molecular flexibility index (Phi) is 5.49. The summed E-state index contributed by atoms with van der Waals surface area (Å²) in [6.07, 6.45) is -4.47. The topological polar surface area (TPSA) is 66.9 Å². The van der Waals surface area contributed by atoms with E-state index in [1.165, 1.54) is 12.1 Å². The summed E-state index contributed by atoms with van der Waals surface area (Å²) in [6.45, 7) is 0. The monoisotopic (exact) mass is 486 g/mol. The van der Waals surface area contributed by atoms with Gasteiger partial charge in [-0.15, -0.1) is 5.10 Å². The number of rotatable bonds is 4. The zero-order chi connectivity index (χ0) is 19.6. The van der Waals surface area contributed by atoms with Gasteiger partial charge in [0.25, 0.3) is 5.91 Å². The van der Waals surface area contributed by atoms with Gasteiger partial charge in [0.2, 0.25) is 0 Å². The highest BCUT2D eigenvalue weighted by molar-refractivity contribution is 14.1. The van der Waals surface area contributed by atoms with Crippen LogP contribution in [0.1, 0.15) is 21.6 Å². The number of halogens is 4. The molecule has 0 atom stereocenters. The Bertz CT molecular complexity index is 1010. The molecule has 1 amide bonds. The second kappa shape index (κ2) is 7.67. The molecule has 0 saturated heterocycles. The average molecular weight is 486 g/mol. The van der Waals surface area contributed by atoms with E-state index in [-0.39, 0.29) is 5.69 Å². The summed E-state index contributed by atoms with van der Waals surface area (Å²) in [5, 5.41) is 15.3. The first kappa shape index (κ1) is 19.3. The number of nitrogens with zero attached hydrogens (tertiary/aromatic N) is 2.